The van der Waals surface area contributed by atoms with Gasteiger partial charge in [0.05, 0.1) is 13.0 Å². The van der Waals surface area contributed by atoms with Crippen LogP contribution >= 0.6 is 0 Å². The summed E-state index contributed by atoms with van der Waals surface area (Å²) in [6, 6.07) is 5.30. The molecule has 20 heavy (non-hydrogen) atoms. The van der Waals surface area contributed by atoms with E-state index >= 15 is 0 Å². The Balaban J connectivity index is 1.47. The summed E-state index contributed by atoms with van der Waals surface area (Å²) in [4.78, 5) is 23.2. The Morgan fingerprint density at radius 3 is 3.05 bits per heavy atom. The number of benzene rings is 1. The molecule has 0 bridgehead atoms. The van der Waals surface area contributed by atoms with Crippen LogP contribution in [0.4, 0.5) is 5.69 Å². The van der Waals surface area contributed by atoms with Crippen LogP contribution in [0.25, 0.3) is 0 Å². The molecule has 3 rings (SSSR count). The summed E-state index contributed by atoms with van der Waals surface area (Å²) in [5.41, 5.74) is 2.25. The van der Waals surface area contributed by atoms with Gasteiger partial charge in [-0.1, -0.05) is 6.07 Å². The highest BCUT2D eigenvalue weighted by Gasteiger charge is 2.21. The topological polar surface area (TPSA) is 67.4 Å². The number of fused-ring (bicyclic) bond motifs is 1. The second kappa shape index (κ2) is 5.63. The summed E-state index contributed by atoms with van der Waals surface area (Å²) in [5, 5.41) is 5.56. The lowest BCUT2D eigenvalue weighted by Gasteiger charge is -2.07. The Hall–Kier alpha value is -1.88. The van der Waals surface area contributed by atoms with Crippen molar-refractivity contribution in [3.8, 4) is 0 Å². The van der Waals surface area contributed by atoms with Crippen molar-refractivity contribution in [2.24, 2.45) is 5.92 Å². The van der Waals surface area contributed by atoms with Gasteiger partial charge in [0.15, 0.2) is 0 Å². The number of amides is 2. The molecule has 0 atom stereocenters. The zero-order chi connectivity index (χ0) is 13.9. The highest BCUT2D eigenvalue weighted by Crippen LogP contribution is 2.28. The van der Waals surface area contributed by atoms with Crippen LogP contribution in [0.2, 0.25) is 0 Å². The number of hydrogen-bond donors (Lipinski definition) is 2. The molecule has 1 heterocycles. The Morgan fingerprint density at radius 2 is 2.25 bits per heavy atom. The SMILES string of the molecule is O=C1Cc2ccc(C(=O)NCCOCC3CC3)cc2N1. The molecule has 2 amide bonds. The fourth-order valence-corrected chi connectivity index (χ4v) is 2.23. The van der Waals surface area contributed by atoms with Gasteiger partial charge in [0.1, 0.15) is 0 Å². The number of nitrogens with one attached hydrogen (secondary N) is 2. The Bertz CT molecular complexity index is 538. The van der Waals surface area contributed by atoms with Crippen LogP contribution in [0.5, 0.6) is 0 Å². The molecule has 0 unspecified atom stereocenters. The van der Waals surface area contributed by atoms with Crippen molar-refractivity contribution in [3.05, 3.63) is 29.3 Å². The maximum Gasteiger partial charge on any atom is 0.251 e. The first kappa shape index (κ1) is 13.1. The summed E-state index contributed by atoms with van der Waals surface area (Å²) >= 11 is 0. The highest BCUT2D eigenvalue weighted by atomic mass is 16.5. The van der Waals surface area contributed by atoms with Gasteiger partial charge in [-0.3, -0.25) is 9.59 Å². The zero-order valence-electron chi connectivity index (χ0n) is 11.3. The van der Waals surface area contributed by atoms with Gasteiger partial charge < -0.3 is 15.4 Å². The molecule has 0 radical (unpaired) electrons. The molecule has 1 aromatic rings. The van der Waals surface area contributed by atoms with Crippen molar-refractivity contribution < 1.29 is 14.3 Å². The third-order valence-corrected chi connectivity index (χ3v) is 3.58. The van der Waals surface area contributed by atoms with Crippen LogP contribution in [0, 0.1) is 5.92 Å². The first-order valence-corrected chi connectivity index (χ1v) is 7.01. The lowest BCUT2D eigenvalue weighted by molar-refractivity contribution is -0.115. The first-order valence-electron chi connectivity index (χ1n) is 7.01. The summed E-state index contributed by atoms with van der Waals surface area (Å²) in [7, 11) is 0. The predicted molar refractivity (Wildman–Crippen MR) is 74.7 cm³/mol. The molecule has 0 saturated heterocycles. The number of rotatable bonds is 6. The Kier molecular flexibility index (Phi) is 3.69. The molecular formula is C15H18N2O3. The van der Waals surface area contributed by atoms with Crippen molar-refractivity contribution in [2.75, 3.05) is 25.1 Å². The monoisotopic (exact) mass is 274 g/mol. The number of ether oxygens (including phenoxy) is 1. The lowest BCUT2D eigenvalue weighted by atomic mass is 10.1. The number of anilines is 1. The van der Waals surface area contributed by atoms with E-state index in [-0.39, 0.29) is 11.8 Å². The predicted octanol–water partition coefficient (Wildman–Crippen LogP) is 1.34. The van der Waals surface area contributed by atoms with Gasteiger partial charge in [-0.2, -0.15) is 0 Å². The van der Waals surface area contributed by atoms with Gasteiger partial charge in [-0.05, 0) is 36.5 Å². The zero-order valence-corrected chi connectivity index (χ0v) is 11.3. The fourth-order valence-electron chi connectivity index (χ4n) is 2.23. The summed E-state index contributed by atoms with van der Waals surface area (Å²) in [5.74, 6) is 0.584. The molecular weight excluding hydrogens is 256 g/mol. The van der Waals surface area contributed by atoms with E-state index in [4.69, 9.17) is 4.74 Å². The Morgan fingerprint density at radius 1 is 1.40 bits per heavy atom. The number of carbonyl (C=O) groups excluding carboxylic acids is 2. The average molecular weight is 274 g/mol. The van der Waals surface area contributed by atoms with Crippen LogP contribution in [-0.2, 0) is 16.0 Å². The average Bonchev–Trinajstić information content (AvgIpc) is 3.17. The van der Waals surface area contributed by atoms with E-state index in [1.54, 1.807) is 12.1 Å². The van der Waals surface area contributed by atoms with E-state index in [2.05, 4.69) is 10.6 Å². The highest BCUT2D eigenvalue weighted by molar-refractivity contribution is 6.02. The summed E-state index contributed by atoms with van der Waals surface area (Å²) in [6.07, 6.45) is 2.94. The molecule has 1 aliphatic heterocycles. The molecule has 2 N–H and O–H groups in total. The molecule has 0 aromatic heterocycles. The quantitative estimate of drug-likeness (QED) is 0.769. The van der Waals surface area contributed by atoms with E-state index in [1.165, 1.54) is 12.8 Å². The largest absolute Gasteiger partial charge is 0.379 e. The number of carbonyl (C=O) groups is 2. The first-order chi connectivity index (χ1) is 9.72. The summed E-state index contributed by atoms with van der Waals surface area (Å²) in [6.45, 7) is 1.86. The van der Waals surface area contributed by atoms with Gasteiger partial charge in [0.2, 0.25) is 5.91 Å². The van der Waals surface area contributed by atoms with E-state index in [0.29, 0.717) is 25.1 Å². The van der Waals surface area contributed by atoms with Gasteiger partial charge in [0.25, 0.3) is 5.91 Å². The van der Waals surface area contributed by atoms with E-state index < -0.39 is 0 Å². The van der Waals surface area contributed by atoms with Gasteiger partial charge in [0, 0.05) is 24.4 Å². The van der Waals surface area contributed by atoms with Gasteiger partial charge in [-0.25, -0.2) is 0 Å². The van der Waals surface area contributed by atoms with E-state index in [0.717, 1.165) is 23.8 Å². The van der Waals surface area contributed by atoms with E-state index in [1.807, 2.05) is 6.07 Å². The molecule has 106 valence electrons. The smallest absolute Gasteiger partial charge is 0.251 e. The maximum atomic E-state index is 12.0. The van der Waals surface area contributed by atoms with Crippen LogP contribution in [0.3, 0.4) is 0 Å². The third kappa shape index (κ3) is 3.17. The molecule has 5 nitrogen and oxygen atoms in total. The van der Waals surface area contributed by atoms with Crippen LogP contribution < -0.4 is 10.6 Å². The number of hydrogen-bond acceptors (Lipinski definition) is 3. The molecule has 5 heteroatoms. The maximum absolute atomic E-state index is 12.0. The minimum absolute atomic E-state index is 0.0222. The van der Waals surface area contributed by atoms with Crippen molar-refractivity contribution in [1.29, 1.82) is 0 Å². The lowest BCUT2D eigenvalue weighted by Crippen LogP contribution is -2.27. The van der Waals surface area contributed by atoms with Crippen molar-refractivity contribution in [3.63, 3.8) is 0 Å². The minimum atomic E-state index is -0.135. The van der Waals surface area contributed by atoms with E-state index in [9.17, 15) is 9.59 Å². The van der Waals surface area contributed by atoms with Crippen LogP contribution in [0.15, 0.2) is 18.2 Å². The van der Waals surface area contributed by atoms with Crippen molar-refractivity contribution in [2.45, 2.75) is 19.3 Å². The molecule has 1 fully saturated rings. The fraction of sp³-hybridized carbons (Fsp3) is 0.467. The van der Waals surface area contributed by atoms with Gasteiger partial charge >= 0.3 is 0 Å². The van der Waals surface area contributed by atoms with Crippen molar-refractivity contribution in [1.82, 2.24) is 5.32 Å². The van der Waals surface area contributed by atoms with Crippen LogP contribution in [-0.4, -0.2) is 31.6 Å². The van der Waals surface area contributed by atoms with Crippen LogP contribution in [0.1, 0.15) is 28.8 Å². The molecule has 0 spiro atoms. The van der Waals surface area contributed by atoms with Crippen molar-refractivity contribution >= 4 is 17.5 Å². The second-order valence-corrected chi connectivity index (χ2v) is 5.37. The molecule has 1 saturated carbocycles. The molecule has 2 aliphatic rings. The Labute approximate surface area is 117 Å². The second-order valence-electron chi connectivity index (χ2n) is 5.37. The van der Waals surface area contributed by atoms with Gasteiger partial charge in [-0.15, -0.1) is 0 Å². The third-order valence-electron chi connectivity index (χ3n) is 3.58. The normalized spacial score (nSPS) is 16.7. The summed E-state index contributed by atoms with van der Waals surface area (Å²) < 4.78 is 5.46. The standard InChI is InChI=1S/C15H18N2O3/c18-14-8-11-3-4-12(7-13(11)17-14)15(19)16-5-6-20-9-10-1-2-10/h3-4,7,10H,1-2,5-6,8-9H2,(H,16,19)(H,17,18). The molecule has 1 aliphatic carbocycles. The molecule has 1 aromatic carbocycles. The minimum Gasteiger partial charge on any atom is -0.379 e.